The zero-order chi connectivity index (χ0) is 19.9. The summed E-state index contributed by atoms with van der Waals surface area (Å²) in [4.78, 5) is 27.2. The third kappa shape index (κ3) is 5.17. The summed E-state index contributed by atoms with van der Waals surface area (Å²) in [6.45, 7) is 2.13. The molecule has 0 atom stereocenters. The molecule has 0 aliphatic carbocycles. The minimum atomic E-state index is -0.539. The van der Waals surface area contributed by atoms with E-state index in [1.807, 2.05) is 54.6 Å². The fourth-order valence-corrected chi connectivity index (χ4v) is 2.80. The van der Waals surface area contributed by atoms with E-state index >= 15 is 0 Å². The largest absolute Gasteiger partial charge is 0.380 e. The molecule has 0 aliphatic heterocycles. The third-order valence-electron chi connectivity index (χ3n) is 4.17. The van der Waals surface area contributed by atoms with Gasteiger partial charge in [-0.25, -0.2) is 4.98 Å². The smallest absolute Gasteiger partial charge is 0.252 e. The summed E-state index contributed by atoms with van der Waals surface area (Å²) in [6, 6.07) is 19.2. The van der Waals surface area contributed by atoms with Gasteiger partial charge in [0.25, 0.3) is 5.91 Å². The Kier molecular flexibility index (Phi) is 6.01. The molecular formula is C22H22N4O2. The molecule has 0 saturated heterocycles. The van der Waals surface area contributed by atoms with Crippen LogP contribution in [0.3, 0.4) is 0 Å². The lowest BCUT2D eigenvalue weighted by atomic mass is 10.1. The van der Waals surface area contributed by atoms with E-state index in [9.17, 15) is 9.59 Å². The lowest BCUT2D eigenvalue weighted by Gasteiger charge is -2.13. The Labute approximate surface area is 163 Å². The monoisotopic (exact) mass is 374 g/mol. The Morgan fingerprint density at radius 2 is 1.71 bits per heavy atom. The number of nitrogens with one attached hydrogen (secondary N) is 2. The number of nitrogens with zero attached hydrogens (tertiary/aromatic N) is 1. The summed E-state index contributed by atoms with van der Waals surface area (Å²) in [6.07, 6.45) is 1.88. The number of hydrogen-bond acceptors (Lipinski definition) is 5. The average molecular weight is 374 g/mol. The van der Waals surface area contributed by atoms with Crippen LogP contribution in [-0.2, 0) is 17.8 Å². The van der Waals surface area contributed by atoms with E-state index in [1.54, 1.807) is 13.0 Å². The zero-order valence-corrected chi connectivity index (χ0v) is 15.6. The lowest BCUT2D eigenvalue weighted by molar-refractivity contribution is -0.116. The van der Waals surface area contributed by atoms with E-state index < -0.39 is 5.91 Å². The van der Waals surface area contributed by atoms with Crippen molar-refractivity contribution in [2.24, 2.45) is 5.73 Å². The van der Waals surface area contributed by atoms with Gasteiger partial charge in [-0.05, 0) is 30.2 Å². The molecule has 0 saturated carbocycles. The summed E-state index contributed by atoms with van der Waals surface area (Å²) in [5, 5.41) is 6.45. The van der Waals surface area contributed by atoms with Crippen molar-refractivity contribution in [2.75, 3.05) is 10.6 Å². The van der Waals surface area contributed by atoms with Crippen molar-refractivity contribution in [2.45, 2.75) is 19.9 Å². The first kappa shape index (κ1) is 19.1. The fourth-order valence-electron chi connectivity index (χ4n) is 2.80. The zero-order valence-electron chi connectivity index (χ0n) is 15.6. The molecule has 0 spiro atoms. The summed E-state index contributed by atoms with van der Waals surface area (Å²) < 4.78 is 0. The second kappa shape index (κ2) is 8.81. The van der Waals surface area contributed by atoms with Crippen molar-refractivity contribution >= 4 is 28.9 Å². The van der Waals surface area contributed by atoms with Crippen molar-refractivity contribution in [1.29, 1.82) is 0 Å². The molecule has 0 unspecified atom stereocenters. The Hall–Kier alpha value is -3.67. The minimum absolute atomic E-state index is 0.124. The van der Waals surface area contributed by atoms with E-state index in [1.165, 1.54) is 6.20 Å². The standard InChI is InChI=1S/C22H22N4O2/c1-15(27)11-16-7-9-18(10-8-16)26-21-12-20(19(14-25-21)22(23)28)24-13-17-5-3-2-4-6-17/h2-10,12,14H,11,13H2,1H3,(H2,23,28)(H2,24,25,26). The van der Waals surface area contributed by atoms with Crippen LogP contribution >= 0.6 is 0 Å². The molecule has 2 aromatic carbocycles. The molecule has 0 bridgehead atoms. The van der Waals surface area contributed by atoms with Crippen molar-refractivity contribution in [1.82, 2.24) is 4.98 Å². The topological polar surface area (TPSA) is 97.1 Å². The highest BCUT2D eigenvalue weighted by molar-refractivity contribution is 5.98. The number of ketones is 1. The number of nitrogens with two attached hydrogens (primary N) is 1. The van der Waals surface area contributed by atoms with Gasteiger partial charge in [0.2, 0.25) is 0 Å². The van der Waals surface area contributed by atoms with E-state index in [4.69, 9.17) is 5.73 Å². The van der Waals surface area contributed by atoms with E-state index in [-0.39, 0.29) is 5.78 Å². The van der Waals surface area contributed by atoms with Gasteiger partial charge in [-0.1, -0.05) is 42.5 Å². The first-order valence-electron chi connectivity index (χ1n) is 8.94. The summed E-state index contributed by atoms with van der Waals surface area (Å²) in [5.41, 5.74) is 9.30. The normalized spacial score (nSPS) is 10.3. The lowest BCUT2D eigenvalue weighted by Crippen LogP contribution is -2.15. The maximum absolute atomic E-state index is 11.7. The van der Waals surface area contributed by atoms with E-state index in [0.29, 0.717) is 30.0 Å². The SMILES string of the molecule is CC(=O)Cc1ccc(Nc2cc(NCc3ccccc3)c(C(N)=O)cn2)cc1. The predicted molar refractivity (Wildman–Crippen MR) is 111 cm³/mol. The quantitative estimate of drug-likeness (QED) is 0.559. The fraction of sp³-hybridized carbons (Fsp3) is 0.136. The van der Waals surface area contributed by atoms with Gasteiger partial charge in [0.05, 0.1) is 11.3 Å². The first-order chi connectivity index (χ1) is 13.5. The number of primary amides is 1. The molecule has 3 aromatic rings. The summed E-state index contributed by atoms with van der Waals surface area (Å²) in [7, 11) is 0. The second-order valence-electron chi connectivity index (χ2n) is 6.52. The van der Waals surface area contributed by atoms with Crippen LogP contribution in [0.15, 0.2) is 66.9 Å². The molecule has 1 aromatic heterocycles. The number of Topliss-reactive ketones (excluding diaryl/α,β-unsaturated/α-hetero) is 1. The molecule has 0 aliphatic rings. The number of carbonyl (C=O) groups excluding carboxylic acids is 2. The van der Waals surface area contributed by atoms with E-state index in [2.05, 4.69) is 15.6 Å². The Bertz CT molecular complexity index is 970. The van der Waals surface area contributed by atoms with Crippen LogP contribution in [0.2, 0.25) is 0 Å². The molecule has 4 N–H and O–H groups in total. The average Bonchev–Trinajstić information content (AvgIpc) is 2.68. The molecule has 6 heteroatoms. The minimum Gasteiger partial charge on any atom is -0.380 e. The highest BCUT2D eigenvalue weighted by Crippen LogP contribution is 2.22. The molecule has 1 amide bonds. The Balaban J connectivity index is 1.76. The van der Waals surface area contributed by atoms with Crippen LogP contribution in [0.5, 0.6) is 0 Å². The number of aromatic nitrogens is 1. The maximum Gasteiger partial charge on any atom is 0.252 e. The summed E-state index contributed by atoms with van der Waals surface area (Å²) >= 11 is 0. The number of amides is 1. The molecule has 28 heavy (non-hydrogen) atoms. The van der Waals surface area contributed by atoms with Gasteiger partial charge in [0, 0.05) is 30.9 Å². The van der Waals surface area contributed by atoms with Gasteiger partial charge in [-0.2, -0.15) is 0 Å². The number of pyridine rings is 1. The molecule has 3 rings (SSSR count). The second-order valence-corrected chi connectivity index (χ2v) is 6.52. The molecule has 0 radical (unpaired) electrons. The molecular weight excluding hydrogens is 352 g/mol. The Morgan fingerprint density at radius 3 is 2.36 bits per heavy atom. The van der Waals surface area contributed by atoms with Crippen LogP contribution in [0.4, 0.5) is 17.2 Å². The van der Waals surface area contributed by atoms with Crippen molar-refractivity contribution < 1.29 is 9.59 Å². The van der Waals surface area contributed by atoms with Gasteiger partial charge >= 0.3 is 0 Å². The third-order valence-corrected chi connectivity index (χ3v) is 4.17. The maximum atomic E-state index is 11.7. The van der Waals surface area contributed by atoms with Crippen molar-refractivity contribution in [3.05, 3.63) is 83.6 Å². The van der Waals surface area contributed by atoms with Crippen molar-refractivity contribution in [3.8, 4) is 0 Å². The Morgan fingerprint density at radius 1 is 1.00 bits per heavy atom. The summed E-state index contributed by atoms with van der Waals surface area (Å²) in [5.74, 6) is 0.168. The highest BCUT2D eigenvalue weighted by Gasteiger charge is 2.10. The van der Waals surface area contributed by atoms with Gasteiger partial charge in [0.1, 0.15) is 11.6 Å². The van der Waals surface area contributed by atoms with Crippen LogP contribution in [0.25, 0.3) is 0 Å². The number of benzene rings is 2. The number of hydrogen-bond donors (Lipinski definition) is 3. The van der Waals surface area contributed by atoms with Gasteiger partial charge in [-0.15, -0.1) is 0 Å². The van der Waals surface area contributed by atoms with Crippen molar-refractivity contribution in [3.63, 3.8) is 0 Å². The molecule has 1 heterocycles. The highest BCUT2D eigenvalue weighted by atomic mass is 16.1. The first-order valence-corrected chi connectivity index (χ1v) is 8.94. The van der Waals surface area contributed by atoms with Crippen LogP contribution < -0.4 is 16.4 Å². The van der Waals surface area contributed by atoms with E-state index in [0.717, 1.165) is 16.8 Å². The van der Waals surface area contributed by atoms with Crippen LogP contribution in [0.1, 0.15) is 28.4 Å². The molecule has 142 valence electrons. The molecule has 0 fully saturated rings. The van der Waals surface area contributed by atoms with Crippen LogP contribution in [0, 0.1) is 0 Å². The predicted octanol–water partition coefficient (Wildman–Crippen LogP) is 3.67. The van der Waals surface area contributed by atoms with Crippen LogP contribution in [-0.4, -0.2) is 16.7 Å². The van der Waals surface area contributed by atoms with Gasteiger partial charge in [-0.3, -0.25) is 9.59 Å². The number of carbonyl (C=O) groups is 2. The molecule has 6 nitrogen and oxygen atoms in total. The number of rotatable bonds is 8. The number of anilines is 3. The van der Waals surface area contributed by atoms with Gasteiger partial charge in [0.15, 0.2) is 0 Å². The van der Waals surface area contributed by atoms with Gasteiger partial charge < -0.3 is 16.4 Å².